The van der Waals surface area contributed by atoms with Gasteiger partial charge in [-0.2, -0.15) is 8.78 Å². The molecule has 0 unspecified atom stereocenters. The van der Waals surface area contributed by atoms with Crippen LogP contribution in [-0.2, 0) is 10.0 Å². The number of alkyl halides is 4. The van der Waals surface area contributed by atoms with Crippen LogP contribution in [0.2, 0.25) is 0 Å². The lowest BCUT2D eigenvalue weighted by atomic mass is 10.2. The zero-order chi connectivity index (χ0) is 16.4. The van der Waals surface area contributed by atoms with Gasteiger partial charge in [-0.1, -0.05) is 0 Å². The minimum atomic E-state index is -4.38. The summed E-state index contributed by atoms with van der Waals surface area (Å²) in [7, 11) is -4.14. The molecule has 0 aromatic heterocycles. The quantitative estimate of drug-likeness (QED) is 0.747. The molecule has 0 saturated heterocycles. The number of sulfonamides is 1. The number of hydrogen-bond donors (Lipinski definition) is 2. The van der Waals surface area contributed by atoms with Crippen LogP contribution in [0.4, 0.5) is 17.6 Å². The largest absolute Gasteiger partial charge is 0.346 e. The Labute approximate surface area is 125 Å². The van der Waals surface area contributed by atoms with Gasteiger partial charge in [0.05, 0.1) is 11.4 Å². The van der Waals surface area contributed by atoms with E-state index in [1.54, 1.807) is 5.32 Å². The van der Waals surface area contributed by atoms with Crippen molar-refractivity contribution in [2.24, 2.45) is 5.14 Å². The van der Waals surface area contributed by atoms with Gasteiger partial charge < -0.3 is 5.32 Å². The Bertz CT molecular complexity index is 652. The molecule has 0 aliphatic carbocycles. The minimum Gasteiger partial charge on any atom is -0.346 e. The summed E-state index contributed by atoms with van der Waals surface area (Å²) >= 11 is 2.90. The standard InChI is InChI=1S/C10H9BrF4N2O3S/c11-6-2-1-5(3-7(6)21(16,19)20)8(18)17-4-10(14,15)9(12)13/h1-3,9H,4H2,(H,17,18)(H2,16,19,20). The third-order valence-corrected chi connectivity index (χ3v) is 4.21. The van der Waals surface area contributed by atoms with E-state index in [-0.39, 0.29) is 10.0 Å². The van der Waals surface area contributed by atoms with Crippen molar-refractivity contribution in [3.8, 4) is 0 Å². The van der Waals surface area contributed by atoms with Crippen molar-refractivity contribution in [1.82, 2.24) is 5.32 Å². The third kappa shape index (κ3) is 4.64. The second-order valence-corrected chi connectivity index (χ2v) is 6.32. The molecule has 0 aliphatic rings. The Hall–Kier alpha value is -1.20. The lowest BCUT2D eigenvalue weighted by molar-refractivity contribution is -0.123. The fourth-order valence-corrected chi connectivity index (χ4v) is 2.79. The van der Waals surface area contributed by atoms with E-state index in [0.29, 0.717) is 0 Å². The highest BCUT2D eigenvalue weighted by atomic mass is 79.9. The van der Waals surface area contributed by atoms with Gasteiger partial charge in [0.25, 0.3) is 5.91 Å². The van der Waals surface area contributed by atoms with Crippen LogP contribution in [0.15, 0.2) is 27.6 Å². The highest BCUT2D eigenvalue weighted by Crippen LogP contribution is 2.23. The Balaban J connectivity index is 2.95. The molecule has 118 valence electrons. The van der Waals surface area contributed by atoms with Gasteiger partial charge in [-0.15, -0.1) is 0 Å². The van der Waals surface area contributed by atoms with E-state index in [1.165, 1.54) is 6.07 Å². The smallest absolute Gasteiger partial charge is 0.324 e. The first kappa shape index (κ1) is 17.9. The molecule has 0 spiro atoms. The number of primary sulfonamides is 1. The maximum atomic E-state index is 12.7. The number of carbonyl (C=O) groups is 1. The first-order valence-electron chi connectivity index (χ1n) is 5.21. The van der Waals surface area contributed by atoms with E-state index >= 15 is 0 Å². The topological polar surface area (TPSA) is 89.3 Å². The second kappa shape index (κ2) is 6.28. The highest BCUT2D eigenvalue weighted by Gasteiger charge is 2.40. The van der Waals surface area contributed by atoms with Crippen LogP contribution in [0, 0.1) is 0 Å². The number of rotatable bonds is 5. The van der Waals surface area contributed by atoms with Crippen molar-refractivity contribution in [1.29, 1.82) is 0 Å². The zero-order valence-corrected chi connectivity index (χ0v) is 12.5. The lowest BCUT2D eigenvalue weighted by Crippen LogP contribution is -2.41. The maximum absolute atomic E-state index is 12.7. The van der Waals surface area contributed by atoms with E-state index in [4.69, 9.17) is 5.14 Å². The van der Waals surface area contributed by atoms with Gasteiger partial charge in [-0.05, 0) is 34.1 Å². The number of carbonyl (C=O) groups excluding carboxylic acids is 1. The molecule has 11 heteroatoms. The molecule has 1 aromatic rings. The molecule has 5 nitrogen and oxygen atoms in total. The van der Waals surface area contributed by atoms with Gasteiger partial charge >= 0.3 is 12.3 Å². The first-order valence-corrected chi connectivity index (χ1v) is 7.55. The molecule has 0 atom stereocenters. The van der Waals surface area contributed by atoms with Crippen molar-refractivity contribution in [3.05, 3.63) is 28.2 Å². The third-order valence-electron chi connectivity index (χ3n) is 2.30. The summed E-state index contributed by atoms with van der Waals surface area (Å²) in [5.74, 6) is -5.51. The summed E-state index contributed by atoms with van der Waals surface area (Å²) in [5.41, 5.74) is -0.313. The molecule has 3 N–H and O–H groups in total. The lowest BCUT2D eigenvalue weighted by Gasteiger charge is -2.16. The number of nitrogens with one attached hydrogen (secondary N) is 1. The van der Waals surface area contributed by atoms with E-state index in [0.717, 1.165) is 12.1 Å². The fraction of sp³-hybridized carbons (Fsp3) is 0.300. The SMILES string of the molecule is NS(=O)(=O)c1cc(C(=O)NCC(F)(F)C(F)F)ccc1Br. The number of halogens is 5. The predicted molar refractivity (Wildman–Crippen MR) is 68.8 cm³/mol. The monoisotopic (exact) mass is 392 g/mol. The Morgan fingerprint density at radius 2 is 1.95 bits per heavy atom. The van der Waals surface area contributed by atoms with Crippen LogP contribution in [0.3, 0.4) is 0 Å². The summed E-state index contributed by atoms with van der Waals surface area (Å²) < 4.78 is 71.7. The van der Waals surface area contributed by atoms with Gasteiger partial charge in [-0.25, -0.2) is 22.3 Å². The van der Waals surface area contributed by atoms with Crippen molar-refractivity contribution >= 4 is 31.9 Å². The second-order valence-electron chi connectivity index (χ2n) is 3.93. The Morgan fingerprint density at radius 3 is 2.43 bits per heavy atom. The van der Waals surface area contributed by atoms with Gasteiger partial charge in [0.1, 0.15) is 0 Å². The van der Waals surface area contributed by atoms with Crippen LogP contribution < -0.4 is 10.5 Å². The summed E-state index contributed by atoms with van der Waals surface area (Å²) in [6.45, 7) is -1.58. The predicted octanol–water partition coefficient (Wildman–Crippen LogP) is 1.73. The average molecular weight is 393 g/mol. The molecule has 0 saturated carbocycles. The van der Waals surface area contributed by atoms with Crippen LogP contribution in [0.25, 0.3) is 0 Å². The van der Waals surface area contributed by atoms with E-state index in [2.05, 4.69) is 15.9 Å². The molecule has 0 radical (unpaired) electrons. The van der Waals surface area contributed by atoms with Gasteiger partial charge in [0.2, 0.25) is 10.0 Å². The Morgan fingerprint density at radius 1 is 1.38 bits per heavy atom. The van der Waals surface area contributed by atoms with Gasteiger partial charge in [0.15, 0.2) is 0 Å². The van der Waals surface area contributed by atoms with E-state index in [9.17, 15) is 30.8 Å². The van der Waals surface area contributed by atoms with Crippen LogP contribution in [-0.4, -0.2) is 33.2 Å². The number of benzene rings is 1. The van der Waals surface area contributed by atoms with Gasteiger partial charge in [0, 0.05) is 10.0 Å². The Kier molecular flexibility index (Phi) is 5.34. The average Bonchev–Trinajstić information content (AvgIpc) is 2.35. The molecule has 0 fully saturated rings. The summed E-state index contributed by atoms with van der Waals surface area (Å²) in [5, 5.41) is 6.50. The van der Waals surface area contributed by atoms with Crippen molar-refractivity contribution in [2.75, 3.05) is 6.54 Å². The minimum absolute atomic E-state index is 0.0689. The van der Waals surface area contributed by atoms with Crippen LogP contribution in [0.1, 0.15) is 10.4 Å². The normalized spacial score (nSPS) is 12.5. The van der Waals surface area contributed by atoms with Crippen molar-refractivity contribution < 1.29 is 30.8 Å². The number of nitrogens with two attached hydrogens (primary N) is 1. The van der Waals surface area contributed by atoms with Crippen LogP contribution >= 0.6 is 15.9 Å². The summed E-state index contributed by atoms with van der Waals surface area (Å²) in [6, 6.07) is 3.13. The molecule has 0 heterocycles. The van der Waals surface area contributed by atoms with E-state index in [1.807, 2.05) is 0 Å². The molecular weight excluding hydrogens is 384 g/mol. The molecule has 0 aliphatic heterocycles. The molecular formula is C10H9BrF4N2O3S. The van der Waals surface area contributed by atoms with Crippen molar-refractivity contribution in [2.45, 2.75) is 17.2 Å². The van der Waals surface area contributed by atoms with Gasteiger partial charge in [-0.3, -0.25) is 4.79 Å². The summed E-state index contributed by atoms with van der Waals surface area (Å²) in [6.07, 6.45) is -3.93. The maximum Gasteiger partial charge on any atom is 0.324 e. The zero-order valence-electron chi connectivity index (χ0n) is 10.1. The number of amides is 1. The molecule has 21 heavy (non-hydrogen) atoms. The highest BCUT2D eigenvalue weighted by molar-refractivity contribution is 9.10. The first-order chi connectivity index (χ1) is 9.45. The molecule has 1 rings (SSSR count). The molecule has 0 bridgehead atoms. The van der Waals surface area contributed by atoms with Crippen LogP contribution in [0.5, 0.6) is 0 Å². The van der Waals surface area contributed by atoms with Crippen molar-refractivity contribution in [3.63, 3.8) is 0 Å². The van der Waals surface area contributed by atoms with E-state index < -0.39 is 39.7 Å². The fourth-order valence-electron chi connectivity index (χ4n) is 1.24. The summed E-state index contributed by atoms with van der Waals surface area (Å²) in [4.78, 5) is 11.1. The molecule has 1 amide bonds. The molecule has 1 aromatic carbocycles. The number of hydrogen-bond acceptors (Lipinski definition) is 3.